The lowest BCUT2D eigenvalue weighted by atomic mass is 10.0. The number of hydrogen-bond donors (Lipinski definition) is 1. The molecule has 0 saturated carbocycles. The van der Waals surface area contributed by atoms with Crippen LogP contribution in [0.25, 0.3) is 0 Å². The summed E-state index contributed by atoms with van der Waals surface area (Å²) in [6.07, 6.45) is 22.9. The molecular formula is C26H47ClN-. The van der Waals surface area contributed by atoms with E-state index in [4.69, 9.17) is 0 Å². The van der Waals surface area contributed by atoms with Crippen LogP contribution in [0.3, 0.4) is 0 Å². The van der Waals surface area contributed by atoms with Crippen LogP contribution in [0.1, 0.15) is 121 Å². The molecule has 1 rings (SSSR count). The van der Waals surface area contributed by atoms with Crippen LogP contribution in [0.5, 0.6) is 0 Å². The lowest BCUT2D eigenvalue weighted by molar-refractivity contribution is -0.00000596. The van der Waals surface area contributed by atoms with E-state index >= 15 is 0 Å². The quantitative estimate of drug-likeness (QED) is 0.294. The molecule has 0 heterocycles. The molecule has 0 aromatic heterocycles. The van der Waals surface area contributed by atoms with Crippen molar-refractivity contribution in [3.63, 3.8) is 0 Å². The first kappa shape index (κ1) is 27.3. The molecule has 0 bridgehead atoms. The van der Waals surface area contributed by atoms with E-state index in [2.05, 4.69) is 44.3 Å². The summed E-state index contributed by atoms with van der Waals surface area (Å²) in [4.78, 5) is 0. The van der Waals surface area contributed by atoms with E-state index in [0.29, 0.717) is 0 Å². The number of halogens is 1. The highest BCUT2D eigenvalue weighted by Gasteiger charge is 1.99. The van der Waals surface area contributed by atoms with Gasteiger partial charge in [0.2, 0.25) is 0 Å². The maximum absolute atomic E-state index is 3.60. The Labute approximate surface area is 182 Å². The second kappa shape index (κ2) is 19.6. The molecule has 0 fully saturated rings. The molecule has 0 aliphatic heterocycles. The molecular weight excluding hydrogens is 362 g/mol. The molecule has 0 aliphatic carbocycles. The fourth-order valence-corrected chi connectivity index (χ4v) is 3.84. The maximum Gasteiger partial charge on any atom is 0.0372 e. The predicted octanol–water partition coefficient (Wildman–Crippen LogP) is 5.98. The smallest absolute Gasteiger partial charge is 0.0372 e. The summed E-state index contributed by atoms with van der Waals surface area (Å²) >= 11 is 0. The van der Waals surface area contributed by atoms with Gasteiger partial charge in [0.25, 0.3) is 0 Å². The topological polar surface area (TPSA) is 12.0 Å². The monoisotopic (exact) mass is 408 g/mol. The van der Waals surface area contributed by atoms with Gasteiger partial charge in [0, 0.05) is 12.2 Å². The zero-order chi connectivity index (χ0) is 19.6. The standard InChI is InChI=1S/C26H47N.ClH/c1-4-5-6-7-8-9-10-11-12-13-14-15-16-17-18-19-23-27-26-22-20-21-24(2)25(26)3;/h20-22,27H,4-19,23H2,1-3H3;1H/p-1. The molecule has 0 unspecified atom stereocenters. The molecule has 0 spiro atoms. The van der Waals surface area contributed by atoms with Crippen LogP contribution in [0.2, 0.25) is 0 Å². The maximum atomic E-state index is 3.60. The first-order chi connectivity index (χ1) is 13.3. The average molecular weight is 409 g/mol. The van der Waals surface area contributed by atoms with Crippen molar-refractivity contribution in [2.45, 2.75) is 124 Å². The Morgan fingerprint density at radius 1 is 0.607 bits per heavy atom. The van der Waals surface area contributed by atoms with Crippen LogP contribution in [0.4, 0.5) is 5.69 Å². The second-order valence-electron chi connectivity index (χ2n) is 8.48. The minimum atomic E-state index is 0. The van der Waals surface area contributed by atoms with Gasteiger partial charge in [0.15, 0.2) is 0 Å². The van der Waals surface area contributed by atoms with Gasteiger partial charge in [-0.1, -0.05) is 115 Å². The van der Waals surface area contributed by atoms with Crippen LogP contribution < -0.4 is 17.7 Å². The van der Waals surface area contributed by atoms with Crippen molar-refractivity contribution in [1.82, 2.24) is 0 Å². The fourth-order valence-electron chi connectivity index (χ4n) is 3.84. The van der Waals surface area contributed by atoms with Gasteiger partial charge in [-0.05, 0) is 37.5 Å². The Morgan fingerprint density at radius 3 is 1.50 bits per heavy atom. The van der Waals surface area contributed by atoms with E-state index in [1.54, 1.807) is 0 Å². The van der Waals surface area contributed by atoms with Crippen molar-refractivity contribution in [2.75, 3.05) is 11.9 Å². The number of hydrogen-bond acceptors (Lipinski definition) is 1. The SMILES string of the molecule is CCCCCCCCCCCCCCCCCCNc1cccc(C)c1C.[Cl-]. The van der Waals surface area contributed by atoms with E-state index in [-0.39, 0.29) is 12.4 Å². The molecule has 0 aliphatic rings. The third kappa shape index (κ3) is 14.3. The van der Waals surface area contributed by atoms with Gasteiger partial charge < -0.3 is 17.7 Å². The molecule has 2 heteroatoms. The predicted molar refractivity (Wildman–Crippen MR) is 124 cm³/mol. The summed E-state index contributed by atoms with van der Waals surface area (Å²) in [5.41, 5.74) is 4.09. The van der Waals surface area contributed by atoms with Crippen LogP contribution in [0, 0.1) is 13.8 Å². The first-order valence-corrected chi connectivity index (χ1v) is 12.1. The van der Waals surface area contributed by atoms with Crippen LogP contribution >= 0.6 is 0 Å². The molecule has 1 aromatic rings. The summed E-state index contributed by atoms with van der Waals surface area (Å²) < 4.78 is 0. The van der Waals surface area contributed by atoms with Crippen LogP contribution in [0.15, 0.2) is 18.2 Å². The third-order valence-corrected chi connectivity index (χ3v) is 5.95. The first-order valence-electron chi connectivity index (χ1n) is 12.1. The van der Waals surface area contributed by atoms with Crippen molar-refractivity contribution in [2.24, 2.45) is 0 Å². The third-order valence-electron chi connectivity index (χ3n) is 5.95. The zero-order valence-corrected chi connectivity index (χ0v) is 19.9. The highest BCUT2D eigenvalue weighted by Crippen LogP contribution is 2.18. The summed E-state index contributed by atoms with van der Waals surface area (Å²) in [6, 6.07) is 6.54. The van der Waals surface area contributed by atoms with Crippen molar-refractivity contribution in [3.05, 3.63) is 29.3 Å². The Balaban J connectivity index is 0.00000729. The minimum absolute atomic E-state index is 0. The highest BCUT2D eigenvalue weighted by atomic mass is 35.5. The molecule has 1 aromatic carbocycles. The summed E-state index contributed by atoms with van der Waals surface area (Å²) in [5, 5.41) is 3.60. The van der Waals surface area contributed by atoms with Gasteiger partial charge >= 0.3 is 0 Å². The van der Waals surface area contributed by atoms with E-state index in [1.165, 1.54) is 120 Å². The molecule has 28 heavy (non-hydrogen) atoms. The van der Waals surface area contributed by atoms with E-state index in [0.717, 1.165) is 6.54 Å². The summed E-state index contributed by atoms with van der Waals surface area (Å²) in [5.74, 6) is 0. The normalized spacial score (nSPS) is 10.7. The number of unbranched alkanes of at least 4 members (excludes halogenated alkanes) is 15. The van der Waals surface area contributed by atoms with Crippen molar-refractivity contribution in [1.29, 1.82) is 0 Å². The van der Waals surface area contributed by atoms with E-state index in [9.17, 15) is 0 Å². The molecule has 1 nitrogen and oxygen atoms in total. The minimum Gasteiger partial charge on any atom is -1.00 e. The summed E-state index contributed by atoms with van der Waals surface area (Å²) in [7, 11) is 0. The Morgan fingerprint density at radius 2 is 1.04 bits per heavy atom. The Bertz CT molecular complexity index is 458. The fraction of sp³-hybridized carbons (Fsp3) is 0.769. The molecule has 0 radical (unpaired) electrons. The molecule has 0 amide bonds. The second-order valence-corrected chi connectivity index (χ2v) is 8.48. The Kier molecular flexibility index (Phi) is 19.1. The number of benzene rings is 1. The van der Waals surface area contributed by atoms with E-state index < -0.39 is 0 Å². The van der Waals surface area contributed by atoms with Gasteiger partial charge in [-0.15, -0.1) is 0 Å². The summed E-state index contributed by atoms with van der Waals surface area (Å²) in [6.45, 7) is 7.81. The van der Waals surface area contributed by atoms with Crippen molar-refractivity contribution < 1.29 is 12.4 Å². The van der Waals surface area contributed by atoms with Gasteiger partial charge in [-0.25, -0.2) is 0 Å². The Hall–Kier alpha value is -0.690. The zero-order valence-electron chi connectivity index (χ0n) is 19.1. The number of aryl methyl sites for hydroxylation is 1. The van der Waals surface area contributed by atoms with Gasteiger partial charge in [0.1, 0.15) is 0 Å². The average Bonchev–Trinajstić information content (AvgIpc) is 2.67. The molecule has 1 N–H and O–H groups in total. The number of rotatable bonds is 18. The number of anilines is 1. The van der Waals surface area contributed by atoms with Gasteiger partial charge in [-0.3, -0.25) is 0 Å². The largest absolute Gasteiger partial charge is 1.00 e. The van der Waals surface area contributed by atoms with Crippen LogP contribution in [-0.2, 0) is 0 Å². The number of nitrogens with one attached hydrogen (secondary N) is 1. The van der Waals surface area contributed by atoms with Crippen molar-refractivity contribution in [3.8, 4) is 0 Å². The molecule has 0 atom stereocenters. The molecule has 0 saturated heterocycles. The van der Waals surface area contributed by atoms with Crippen LogP contribution in [-0.4, -0.2) is 6.54 Å². The lowest BCUT2D eigenvalue weighted by Crippen LogP contribution is -3.00. The highest BCUT2D eigenvalue weighted by molar-refractivity contribution is 5.53. The molecule has 164 valence electrons. The van der Waals surface area contributed by atoms with Crippen molar-refractivity contribution >= 4 is 5.69 Å². The lowest BCUT2D eigenvalue weighted by Gasteiger charge is -2.11. The van der Waals surface area contributed by atoms with Gasteiger partial charge in [0.05, 0.1) is 0 Å². The van der Waals surface area contributed by atoms with Gasteiger partial charge in [-0.2, -0.15) is 0 Å². The van der Waals surface area contributed by atoms with E-state index in [1.807, 2.05) is 0 Å².